The van der Waals surface area contributed by atoms with Crippen LogP contribution in [0.5, 0.6) is 0 Å². The summed E-state index contributed by atoms with van der Waals surface area (Å²) < 4.78 is 5.41. The van der Waals surface area contributed by atoms with Crippen molar-refractivity contribution in [3.8, 4) is 0 Å². The molecular weight excluding hydrogens is 316 g/mol. The summed E-state index contributed by atoms with van der Waals surface area (Å²) in [6, 6.07) is 6.91. The number of nitrogens with one attached hydrogen (secondary N) is 1. The van der Waals surface area contributed by atoms with Crippen LogP contribution in [0.3, 0.4) is 0 Å². The van der Waals surface area contributed by atoms with E-state index in [1.807, 2.05) is 6.07 Å². The van der Waals surface area contributed by atoms with E-state index in [-0.39, 0.29) is 19.1 Å². The number of benzene rings is 1. The topological polar surface area (TPSA) is 71.5 Å². The molecule has 2 aromatic rings. The number of halogens is 1. The Bertz CT molecular complexity index is 703. The second-order valence-corrected chi connectivity index (χ2v) is 6.25. The molecule has 0 radical (unpaired) electrons. The molecule has 1 amide bonds. The number of amides is 1. The van der Waals surface area contributed by atoms with E-state index >= 15 is 0 Å². The second-order valence-electron chi connectivity index (χ2n) is 5.84. The molecule has 23 heavy (non-hydrogen) atoms. The Morgan fingerprint density at radius 3 is 3.04 bits per heavy atom. The number of pyridine rings is 1. The first-order chi connectivity index (χ1) is 11.1. The maximum atomic E-state index is 12.3. The Balaban J connectivity index is 1.58. The fourth-order valence-electron chi connectivity index (χ4n) is 2.34. The van der Waals surface area contributed by atoms with Crippen molar-refractivity contribution >= 4 is 28.4 Å². The molecule has 1 heterocycles. The molecule has 1 unspecified atom stereocenters. The van der Waals surface area contributed by atoms with Crippen LogP contribution in [0.4, 0.5) is 0 Å². The summed E-state index contributed by atoms with van der Waals surface area (Å²) in [5.74, 6) is 0.370. The number of ether oxygens (including phenoxy) is 1. The maximum absolute atomic E-state index is 12.3. The third-order valence-electron chi connectivity index (χ3n) is 3.82. The maximum Gasteiger partial charge on any atom is 0.253 e. The van der Waals surface area contributed by atoms with Crippen LogP contribution in [-0.2, 0) is 4.74 Å². The molecule has 0 aliphatic heterocycles. The Morgan fingerprint density at radius 2 is 2.26 bits per heavy atom. The zero-order chi connectivity index (χ0) is 16.2. The van der Waals surface area contributed by atoms with Gasteiger partial charge in [0.1, 0.15) is 0 Å². The van der Waals surface area contributed by atoms with Crippen molar-refractivity contribution < 1.29 is 14.6 Å². The largest absolute Gasteiger partial charge is 0.389 e. The van der Waals surface area contributed by atoms with Crippen molar-refractivity contribution in [2.24, 2.45) is 5.92 Å². The van der Waals surface area contributed by atoms with Gasteiger partial charge in [-0.05, 0) is 43.0 Å². The molecule has 1 fully saturated rings. The normalized spacial score (nSPS) is 15.6. The molecule has 5 nitrogen and oxygen atoms in total. The molecule has 2 N–H and O–H groups in total. The van der Waals surface area contributed by atoms with Gasteiger partial charge in [0, 0.05) is 24.7 Å². The molecule has 1 aliphatic rings. The number of fused-ring (bicyclic) bond motifs is 1. The van der Waals surface area contributed by atoms with Gasteiger partial charge in [-0.15, -0.1) is 0 Å². The number of carbonyl (C=O) groups excluding carboxylic acids is 1. The summed E-state index contributed by atoms with van der Waals surface area (Å²) >= 11 is 6.12. The summed E-state index contributed by atoms with van der Waals surface area (Å²) in [5.41, 5.74) is 0.994. The van der Waals surface area contributed by atoms with Gasteiger partial charge in [0.25, 0.3) is 5.91 Å². The van der Waals surface area contributed by atoms with Crippen molar-refractivity contribution in [3.63, 3.8) is 0 Å². The van der Waals surface area contributed by atoms with Gasteiger partial charge in [0.15, 0.2) is 0 Å². The third kappa shape index (κ3) is 4.19. The number of aliphatic hydroxyl groups excluding tert-OH is 1. The third-order valence-corrected chi connectivity index (χ3v) is 4.15. The Morgan fingerprint density at radius 1 is 1.43 bits per heavy atom. The van der Waals surface area contributed by atoms with Crippen LogP contribution >= 0.6 is 11.6 Å². The van der Waals surface area contributed by atoms with E-state index in [1.54, 1.807) is 24.4 Å². The van der Waals surface area contributed by atoms with Crippen molar-refractivity contribution in [2.45, 2.75) is 18.9 Å². The Kier molecular flexibility index (Phi) is 5.10. The molecule has 3 rings (SSSR count). The summed E-state index contributed by atoms with van der Waals surface area (Å²) in [6.07, 6.45) is 3.33. The van der Waals surface area contributed by atoms with E-state index < -0.39 is 6.10 Å². The van der Waals surface area contributed by atoms with Gasteiger partial charge in [-0.2, -0.15) is 0 Å². The van der Waals surface area contributed by atoms with Crippen molar-refractivity contribution in [2.75, 3.05) is 19.8 Å². The van der Waals surface area contributed by atoms with Crippen molar-refractivity contribution in [3.05, 3.63) is 41.0 Å². The Hall–Kier alpha value is -1.69. The van der Waals surface area contributed by atoms with Crippen LogP contribution in [0.1, 0.15) is 23.2 Å². The highest BCUT2D eigenvalue weighted by Gasteiger charge is 2.21. The van der Waals surface area contributed by atoms with E-state index in [9.17, 15) is 9.90 Å². The molecule has 6 heteroatoms. The van der Waals surface area contributed by atoms with Gasteiger partial charge in [0.05, 0.1) is 28.8 Å². The van der Waals surface area contributed by atoms with Gasteiger partial charge >= 0.3 is 0 Å². The predicted molar refractivity (Wildman–Crippen MR) is 88.6 cm³/mol. The van der Waals surface area contributed by atoms with E-state index in [1.165, 1.54) is 12.8 Å². The number of hydrogen-bond donors (Lipinski definition) is 2. The van der Waals surface area contributed by atoms with Crippen LogP contribution in [0.25, 0.3) is 10.9 Å². The minimum absolute atomic E-state index is 0.139. The van der Waals surface area contributed by atoms with E-state index in [2.05, 4.69) is 10.3 Å². The van der Waals surface area contributed by atoms with Crippen LogP contribution in [0, 0.1) is 5.92 Å². The number of rotatable bonds is 7. The number of aliphatic hydroxyl groups is 1. The fraction of sp³-hybridized carbons (Fsp3) is 0.412. The number of aromatic nitrogens is 1. The Labute approximate surface area is 139 Å². The molecule has 1 aromatic heterocycles. The average molecular weight is 335 g/mol. The van der Waals surface area contributed by atoms with E-state index in [0.29, 0.717) is 28.6 Å². The predicted octanol–water partition coefficient (Wildman–Crippen LogP) is 2.41. The molecule has 1 aliphatic carbocycles. The van der Waals surface area contributed by atoms with E-state index in [4.69, 9.17) is 16.3 Å². The van der Waals surface area contributed by atoms with Gasteiger partial charge in [0.2, 0.25) is 0 Å². The molecule has 0 spiro atoms. The van der Waals surface area contributed by atoms with Gasteiger partial charge in [-0.1, -0.05) is 11.6 Å². The zero-order valence-electron chi connectivity index (χ0n) is 12.7. The van der Waals surface area contributed by atoms with Crippen LogP contribution in [0.15, 0.2) is 30.5 Å². The zero-order valence-corrected chi connectivity index (χ0v) is 13.4. The lowest BCUT2D eigenvalue weighted by Gasteiger charge is -2.13. The smallest absolute Gasteiger partial charge is 0.253 e. The summed E-state index contributed by atoms with van der Waals surface area (Å²) in [6.45, 7) is 1.06. The molecule has 0 bridgehead atoms. The van der Waals surface area contributed by atoms with Crippen LogP contribution < -0.4 is 5.32 Å². The lowest BCUT2D eigenvalue weighted by molar-refractivity contribution is 0.0321. The average Bonchev–Trinajstić information content (AvgIpc) is 3.37. The van der Waals surface area contributed by atoms with Gasteiger partial charge < -0.3 is 15.2 Å². The summed E-state index contributed by atoms with van der Waals surface area (Å²) in [5, 5.41) is 13.9. The van der Waals surface area contributed by atoms with Crippen molar-refractivity contribution in [1.29, 1.82) is 0 Å². The molecule has 1 saturated carbocycles. The fourth-order valence-corrected chi connectivity index (χ4v) is 2.56. The molecule has 1 aromatic carbocycles. The second kappa shape index (κ2) is 7.25. The summed E-state index contributed by atoms with van der Waals surface area (Å²) in [4.78, 5) is 16.6. The highest BCUT2D eigenvalue weighted by atomic mass is 35.5. The quantitative estimate of drug-likeness (QED) is 0.815. The first kappa shape index (κ1) is 16.2. The minimum Gasteiger partial charge on any atom is -0.389 e. The standard InChI is InChI=1S/C17H19ClN2O3/c18-15-6-5-14(16-13(15)2-1-7-19-16)17(22)20-8-12(21)10-23-9-11-3-4-11/h1-2,5-7,11-12,21H,3-4,8-10H2,(H,20,22). The molecule has 1 atom stereocenters. The van der Waals surface area contributed by atoms with Crippen molar-refractivity contribution in [1.82, 2.24) is 10.3 Å². The highest BCUT2D eigenvalue weighted by molar-refractivity contribution is 6.36. The lowest BCUT2D eigenvalue weighted by Crippen LogP contribution is -2.34. The minimum atomic E-state index is -0.718. The number of nitrogens with zero attached hydrogens (tertiary/aromatic N) is 1. The number of carbonyl (C=O) groups is 1. The molecule has 122 valence electrons. The summed E-state index contributed by atoms with van der Waals surface area (Å²) in [7, 11) is 0. The number of hydrogen-bond acceptors (Lipinski definition) is 4. The van der Waals surface area contributed by atoms with Gasteiger partial charge in [-0.25, -0.2) is 0 Å². The molecular formula is C17H19ClN2O3. The van der Waals surface area contributed by atoms with Gasteiger partial charge in [-0.3, -0.25) is 9.78 Å². The first-order valence-electron chi connectivity index (χ1n) is 7.72. The van der Waals surface area contributed by atoms with Crippen LogP contribution in [0.2, 0.25) is 5.02 Å². The monoisotopic (exact) mass is 334 g/mol. The lowest BCUT2D eigenvalue weighted by atomic mass is 10.1. The van der Waals surface area contributed by atoms with Crippen LogP contribution in [-0.4, -0.2) is 41.9 Å². The molecule has 0 saturated heterocycles. The SMILES string of the molecule is O=C(NCC(O)COCC1CC1)c1ccc(Cl)c2cccnc12. The first-order valence-corrected chi connectivity index (χ1v) is 8.10. The highest BCUT2D eigenvalue weighted by Crippen LogP contribution is 2.28. The van der Waals surface area contributed by atoms with E-state index in [0.717, 1.165) is 5.39 Å².